The van der Waals surface area contributed by atoms with E-state index >= 15 is 0 Å². The molecule has 0 aromatic heterocycles. The van der Waals surface area contributed by atoms with E-state index in [9.17, 15) is 18.8 Å². The standard InChI is InChI=1S/C32H30BrFN4O4.ClH/c1-19(35-2)30(39)36-26-18-38(31(40)22-9-4-5-12-25(22)34)28-14-7-6-13-27(28)37(32(26)41)17-23-20-10-8-11-24(33)21(20)15-16-29(23)42-3;/h4-16,19,26,35H,17-18H2,1-3H3,(H,36,39);1H. The van der Waals surface area contributed by atoms with E-state index in [0.717, 1.165) is 20.8 Å². The first-order valence-electron chi connectivity index (χ1n) is 13.4. The van der Waals surface area contributed by atoms with Crippen LogP contribution < -0.4 is 25.2 Å². The summed E-state index contributed by atoms with van der Waals surface area (Å²) >= 11 is 3.61. The summed E-state index contributed by atoms with van der Waals surface area (Å²) in [6.07, 6.45) is 0. The van der Waals surface area contributed by atoms with Crippen molar-refractivity contribution in [1.82, 2.24) is 10.6 Å². The zero-order valence-corrected chi connectivity index (χ0v) is 26.2. The number of likely N-dealkylation sites (N-methyl/N-ethyl adjacent to an activating group) is 1. The van der Waals surface area contributed by atoms with E-state index in [1.54, 1.807) is 56.3 Å². The minimum absolute atomic E-state index is 0. The number of fused-ring (bicyclic) bond motifs is 2. The normalized spacial score (nSPS) is 15.3. The van der Waals surface area contributed by atoms with Gasteiger partial charge in [0, 0.05) is 10.0 Å². The number of para-hydroxylation sites is 2. The van der Waals surface area contributed by atoms with Gasteiger partial charge in [-0.3, -0.25) is 14.4 Å². The minimum Gasteiger partial charge on any atom is -0.496 e. The van der Waals surface area contributed by atoms with Gasteiger partial charge in [0.2, 0.25) is 5.91 Å². The number of nitrogens with one attached hydrogen (secondary N) is 2. The zero-order chi connectivity index (χ0) is 30.0. The van der Waals surface area contributed by atoms with Crippen LogP contribution in [-0.2, 0) is 16.1 Å². The first kappa shape index (κ1) is 31.9. The van der Waals surface area contributed by atoms with Crippen molar-refractivity contribution < 1.29 is 23.5 Å². The van der Waals surface area contributed by atoms with Crippen LogP contribution in [0.3, 0.4) is 0 Å². The number of anilines is 2. The molecule has 4 aromatic rings. The summed E-state index contributed by atoms with van der Waals surface area (Å²) in [4.78, 5) is 44.1. The monoisotopic (exact) mass is 668 g/mol. The van der Waals surface area contributed by atoms with Crippen LogP contribution >= 0.6 is 28.3 Å². The molecule has 0 radical (unpaired) electrons. The lowest BCUT2D eigenvalue weighted by molar-refractivity contribution is -0.128. The van der Waals surface area contributed by atoms with Gasteiger partial charge in [-0.25, -0.2) is 4.39 Å². The van der Waals surface area contributed by atoms with Crippen LogP contribution in [0.2, 0.25) is 0 Å². The maximum Gasteiger partial charge on any atom is 0.261 e. The first-order valence-corrected chi connectivity index (χ1v) is 14.2. The molecule has 224 valence electrons. The Kier molecular flexibility index (Phi) is 10.1. The summed E-state index contributed by atoms with van der Waals surface area (Å²) < 4.78 is 21.4. The fourth-order valence-electron chi connectivity index (χ4n) is 5.13. The van der Waals surface area contributed by atoms with Gasteiger partial charge in [-0.05, 0) is 67.2 Å². The van der Waals surface area contributed by atoms with Gasteiger partial charge in [0.1, 0.15) is 17.6 Å². The number of benzene rings is 4. The third-order valence-corrected chi connectivity index (χ3v) is 8.19. The summed E-state index contributed by atoms with van der Waals surface area (Å²) in [5.41, 5.74) is 1.47. The molecule has 1 aliphatic heterocycles. The lowest BCUT2D eigenvalue weighted by atomic mass is 10.0. The summed E-state index contributed by atoms with van der Waals surface area (Å²) in [6.45, 7) is 1.56. The second kappa shape index (κ2) is 13.5. The quantitative estimate of drug-likeness (QED) is 0.273. The van der Waals surface area contributed by atoms with Crippen LogP contribution in [0.5, 0.6) is 5.75 Å². The molecular weight excluding hydrogens is 639 g/mol. The van der Waals surface area contributed by atoms with Gasteiger partial charge in [-0.15, -0.1) is 12.4 Å². The number of amides is 3. The Morgan fingerprint density at radius 1 is 1.00 bits per heavy atom. The number of halogens is 3. The van der Waals surface area contributed by atoms with Crippen molar-refractivity contribution in [2.75, 3.05) is 30.5 Å². The third-order valence-electron chi connectivity index (χ3n) is 7.50. The number of methoxy groups -OCH3 is 1. The number of rotatable bonds is 7. The summed E-state index contributed by atoms with van der Waals surface area (Å²) in [6, 6.07) is 20.5. The van der Waals surface area contributed by atoms with Crippen LogP contribution in [0.25, 0.3) is 10.8 Å². The van der Waals surface area contributed by atoms with Gasteiger partial charge < -0.3 is 25.2 Å². The van der Waals surface area contributed by atoms with E-state index in [2.05, 4.69) is 26.6 Å². The molecule has 2 unspecified atom stereocenters. The number of hydrogen-bond acceptors (Lipinski definition) is 5. The molecule has 2 atom stereocenters. The number of hydrogen-bond donors (Lipinski definition) is 2. The maximum atomic E-state index is 14.8. The second-order valence-corrected chi connectivity index (χ2v) is 10.8. The van der Waals surface area contributed by atoms with Gasteiger partial charge in [-0.1, -0.05) is 52.3 Å². The third kappa shape index (κ3) is 6.22. The van der Waals surface area contributed by atoms with E-state index in [1.165, 1.54) is 23.1 Å². The van der Waals surface area contributed by atoms with Gasteiger partial charge in [-0.2, -0.15) is 0 Å². The van der Waals surface area contributed by atoms with E-state index in [4.69, 9.17) is 4.74 Å². The summed E-state index contributed by atoms with van der Waals surface area (Å²) in [7, 11) is 3.21. The highest BCUT2D eigenvalue weighted by atomic mass is 79.9. The maximum absolute atomic E-state index is 14.8. The predicted octanol–water partition coefficient (Wildman–Crippen LogP) is 5.46. The largest absolute Gasteiger partial charge is 0.496 e. The first-order chi connectivity index (χ1) is 20.2. The molecule has 5 rings (SSSR count). The molecule has 0 saturated heterocycles. The van der Waals surface area contributed by atoms with E-state index < -0.39 is 35.6 Å². The van der Waals surface area contributed by atoms with E-state index in [-0.39, 0.29) is 31.1 Å². The molecule has 3 amide bonds. The van der Waals surface area contributed by atoms with E-state index in [1.807, 2.05) is 30.3 Å². The molecule has 0 spiro atoms. The van der Waals surface area contributed by atoms with Gasteiger partial charge in [0.25, 0.3) is 11.8 Å². The van der Waals surface area contributed by atoms with Crippen molar-refractivity contribution in [2.45, 2.75) is 25.6 Å². The second-order valence-electron chi connectivity index (χ2n) is 9.96. The van der Waals surface area contributed by atoms with Crippen LogP contribution in [0, 0.1) is 5.82 Å². The highest BCUT2D eigenvalue weighted by Gasteiger charge is 2.38. The number of carbonyl (C=O) groups is 3. The minimum atomic E-state index is -1.12. The molecule has 0 saturated carbocycles. The molecule has 0 fully saturated rings. The fraction of sp³-hybridized carbons (Fsp3) is 0.219. The van der Waals surface area contributed by atoms with Gasteiger partial charge >= 0.3 is 0 Å². The fourth-order valence-corrected chi connectivity index (χ4v) is 5.63. The molecule has 11 heteroatoms. The van der Waals surface area contributed by atoms with Crippen LogP contribution in [0.15, 0.2) is 83.3 Å². The Bertz CT molecular complexity index is 1690. The average molecular weight is 670 g/mol. The van der Waals surface area contributed by atoms with Crippen LogP contribution in [0.1, 0.15) is 22.8 Å². The SMILES string of the molecule is CNC(C)C(=O)NC1CN(C(=O)c2ccccc2F)c2ccccc2N(Cc2c(OC)ccc3c(Br)cccc23)C1=O.Cl. The molecule has 1 heterocycles. The van der Waals surface area contributed by atoms with E-state index in [0.29, 0.717) is 17.1 Å². The Balaban J connectivity index is 0.00000423. The zero-order valence-electron chi connectivity index (χ0n) is 23.8. The molecule has 8 nitrogen and oxygen atoms in total. The van der Waals surface area contributed by atoms with Crippen LogP contribution in [-0.4, -0.2) is 50.5 Å². The predicted molar refractivity (Wildman–Crippen MR) is 172 cm³/mol. The molecule has 0 bridgehead atoms. The lowest BCUT2D eigenvalue weighted by Crippen LogP contribution is -2.55. The topological polar surface area (TPSA) is 91.0 Å². The highest BCUT2D eigenvalue weighted by Crippen LogP contribution is 2.38. The molecular formula is C32H31BrClFN4O4. The molecule has 43 heavy (non-hydrogen) atoms. The number of ether oxygens (including phenoxy) is 1. The number of carbonyl (C=O) groups excluding carboxylic acids is 3. The Hall–Kier alpha value is -3.99. The number of nitrogens with zero attached hydrogens (tertiary/aromatic N) is 2. The van der Waals surface area contributed by atoms with Crippen molar-refractivity contribution in [2.24, 2.45) is 0 Å². The van der Waals surface area contributed by atoms with Crippen LogP contribution in [0.4, 0.5) is 15.8 Å². The van der Waals surface area contributed by atoms with Crippen molar-refractivity contribution in [3.8, 4) is 5.75 Å². The van der Waals surface area contributed by atoms with Crippen molar-refractivity contribution in [3.63, 3.8) is 0 Å². The smallest absolute Gasteiger partial charge is 0.261 e. The molecule has 0 aliphatic carbocycles. The highest BCUT2D eigenvalue weighted by molar-refractivity contribution is 9.10. The van der Waals surface area contributed by atoms with Crippen molar-refractivity contribution >= 4 is 68.2 Å². The van der Waals surface area contributed by atoms with Crippen molar-refractivity contribution in [3.05, 3.63) is 100 Å². The van der Waals surface area contributed by atoms with Gasteiger partial charge in [0.15, 0.2) is 0 Å². The average Bonchev–Trinajstić information content (AvgIpc) is 3.11. The summed E-state index contributed by atoms with van der Waals surface area (Å²) in [5.74, 6) is -1.55. The van der Waals surface area contributed by atoms with Crippen molar-refractivity contribution in [1.29, 1.82) is 0 Å². The molecule has 1 aliphatic rings. The Morgan fingerprint density at radius 3 is 2.40 bits per heavy atom. The lowest BCUT2D eigenvalue weighted by Gasteiger charge is -2.27. The Labute approximate surface area is 263 Å². The van der Waals surface area contributed by atoms with Gasteiger partial charge in [0.05, 0.1) is 43.2 Å². The molecule has 4 aromatic carbocycles. The molecule has 2 N–H and O–H groups in total. The summed E-state index contributed by atoms with van der Waals surface area (Å²) in [5, 5.41) is 7.50. The Morgan fingerprint density at radius 2 is 1.70 bits per heavy atom.